The summed E-state index contributed by atoms with van der Waals surface area (Å²) in [4.78, 5) is 13.7. The summed E-state index contributed by atoms with van der Waals surface area (Å²) in [6, 6.07) is 15.8. The van der Waals surface area contributed by atoms with Crippen molar-refractivity contribution in [3.05, 3.63) is 83.1 Å². The number of amides is 1. The Labute approximate surface area is 193 Å². The third-order valence-electron chi connectivity index (χ3n) is 4.73. The van der Waals surface area contributed by atoms with Crippen LogP contribution in [0.2, 0.25) is 0 Å². The molecule has 11 heteroatoms. The Hall–Kier alpha value is -3.54. The molecule has 0 spiro atoms. The number of thiophene rings is 1. The first-order chi connectivity index (χ1) is 15.7. The minimum atomic E-state index is -3.80. The van der Waals surface area contributed by atoms with Gasteiger partial charge in [0, 0.05) is 16.6 Å². The van der Waals surface area contributed by atoms with Gasteiger partial charge >= 0.3 is 0 Å². The molecule has 4 rings (SSSR count). The van der Waals surface area contributed by atoms with Gasteiger partial charge in [-0.2, -0.15) is 5.10 Å². The maximum atomic E-state index is 13.3. The van der Waals surface area contributed by atoms with Crippen LogP contribution in [0.4, 0.5) is 4.39 Å². The molecule has 0 bridgehead atoms. The lowest BCUT2D eigenvalue weighted by molar-refractivity contribution is 0.0952. The van der Waals surface area contributed by atoms with E-state index in [2.05, 4.69) is 10.4 Å². The number of nitrogens with two attached hydrogens (primary N) is 1. The molecule has 3 N–H and O–H groups in total. The van der Waals surface area contributed by atoms with Crippen molar-refractivity contribution in [3.8, 4) is 22.7 Å². The smallest absolute Gasteiger partial charge is 0.255 e. The summed E-state index contributed by atoms with van der Waals surface area (Å²) in [5, 5.41) is 12.5. The van der Waals surface area contributed by atoms with Crippen molar-refractivity contribution in [2.24, 2.45) is 5.14 Å². The van der Waals surface area contributed by atoms with E-state index >= 15 is 0 Å². The molecular formula is C22H19FN4O4S2. The fourth-order valence-electron chi connectivity index (χ4n) is 3.12. The Bertz CT molecular complexity index is 1410. The molecule has 0 fully saturated rings. The average molecular weight is 487 g/mol. The molecule has 1 amide bonds. The molecule has 0 saturated carbocycles. The van der Waals surface area contributed by atoms with Gasteiger partial charge in [-0.05, 0) is 48.5 Å². The molecule has 0 radical (unpaired) electrons. The second kappa shape index (κ2) is 9.14. The minimum absolute atomic E-state index is 0.0212. The number of hydrogen-bond donors (Lipinski definition) is 2. The summed E-state index contributed by atoms with van der Waals surface area (Å²) in [5.74, 6) is -0.192. The van der Waals surface area contributed by atoms with E-state index in [1.54, 1.807) is 55.8 Å². The lowest BCUT2D eigenvalue weighted by Crippen LogP contribution is -2.22. The van der Waals surface area contributed by atoms with Crippen LogP contribution in [0.5, 0.6) is 5.75 Å². The predicted molar refractivity (Wildman–Crippen MR) is 122 cm³/mol. The van der Waals surface area contributed by atoms with Crippen LogP contribution in [0.25, 0.3) is 16.9 Å². The van der Waals surface area contributed by atoms with Crippen LogP contribution >= 0.6 is 11.3 Å². The van der Waals surface area contributed by atoms with Gasteiger partial charge in [-0.3, -0.25) is 4.79 Å². The van der Waals surface area contributed by atoms with Crippen molar-refractivity contribution in [3.63, 3.8) is 0 Å². The number of aromatic nitrogens is 2. The van der Waals surface area contributed by atoms with Crippen LogP contribution in [-0.4, -0.2) is 31.2 Å². The van der Waals surface area contributed by atoms with E-state index in [-0.39, 0.29) is 22.1 Å². The second-order valence-electron chi connectivity index (χ2n) is 6.99. The summed E-state index contributed by atoms with van der Waals surface area (Å²) in [5.41, 5.74) is 1.94. The van der Waals surface area contributed by atoms with E-state index in [1.807, 2.05) is 0 Å². The van der Waals surface area contributed by atoms with E-state index < -0.39 is 15.9 Å². The fourth-order valence-corrected chi connectivity index (χ4v) is 4.84. The monoisotopic (exact) mass is 486 g/mol. The SMILES string of the molecule is COc1cccc(-c2nn(-c3ccc(F)cc3)cc2C(=O)NCc2ccc(S(N)(=O)=O)s2)c1. The summed E-state index contributed by atoms with van der Waals surface area (Å²) in [6.45, 7) is 0.109. The minimum Gasteiger partial charge on any atom is -0.497 e. The number of primary sulfonamides is 1. The quantitative estimate of drug-likeness (QED) is 0.416. The van der Waals surface area contributed by atoms with Gasteiger partial charge in [-0.15, -0.1) is 11.3 Å². The first kappa shape index (κ1) is 22.6. The number of nitrogens with one attached hydrogen (secondary N) is 1. The van der Waals surface area contributed by atoms with Crippen LogP contribution in [0.3, 0.4) is 0 Å². The van der Waals surface area contributed by atoms with Gasteiger partial charge in [0.2, 0.25) is 10.0 Å². The molecule has 0 saturated heterocycles. The number of nitrogens with zero attached hydrogens (tertiary/aromatic N) is 2. The highest BCUT2D eigenvalue weighted by atomic mass is 32.2. The molecule has 2 heterocycles. The highest BCUT2D eigenvalue weighted by molar-refractivity contribution is 7.91. The zero-order valence-corrected chi connectivity index (χ0v) is 19.0. The first-order valence-corrected chi connectivity index (χ1v) is 12.0. The largest absolute Gasteiger partial charge is 0.497 e. The molecule has 0 atom stereocenters. The predicted octanol–water partition coefficient (Wildman–Crippen LogP) is 3.33. The number of sulfonamides is 1. The molecular weight excluding hydrogens is 467 g/mol. The van der Waals surface area contributed by atoms with Crippen molar-refractivity contribution in [1.29, 1.82) is 0 Å². The Kier molecular flexibility index (Phi) is 6.27. The van der Waals surface area contributed by atoms with Crippen LogP contribution in [0, 0.1) is 5.82 Å². The zero-order valence-electron chi connectivity index (χ0n) is 17.4. The number of benzene rings is 2. The maximum Gasteiger partial charge on any atom is 0.255 e. The molecule has 2 aromatic heterocycles. The average Bonchev–Trinajstić information content (AvgIpc) is 3.46. The number of methoxy groups -OCH3 is 1. The van der Waals surface area contributed by atoms with E-state index in [0.29, 0.717) is 27.6 Å². The standard InChI is InChI=1S/C22H19FN4O4S2/c1-31-17-4-2-3-14(11-17)21-19(13-27(26-21)16-7-5-15(23)6-8-16)22(28)25-12-18-9-10-20(32-18)33(24,29)30/h2-11,13H,12H2,1H3,(H,25,28)(H2,24,29,30). The maximum absolute atomic E-state index is 13.3. The Morgan fingerprint density at radius 2 is 1.94 bits per heavy atom. The Balaban J connectivity index is 1.66. The van der Waals surface area contributed by atoms with Crippen LogP contribution in [-0.2, 0) is 16.6 Å². The third-order valence-corrected chi connectivity index (χ3v) is 7.26. The summed E-state index contributed by atoms with van der Waals surface area (Å²) in [6.07, 6.45) is 1.56. The molecule has 0 unspecified atom stereocenters. The van der Waals surface area contributed by atoms with Crippen molar-refractivity contribution in [1.82, 2.24) is 15.1 Å². The van der Waals surface area contributed by atoms with Gasteiger partial charge in [0.15, 0.2) is 0 Å². The Morgan fingerprint density at radius 1 is 1.18 bits per heavy atom. The molecule has 0 aliphatic carbocycles. The van der Waals surface area contributed by atoms with E-state index in [0.717, 1.165) is 11.3 Å². The number of halogens is 1. The van der Waals surface area contributed by atoms with Gasteiger partial charge in [0.25, 0.3) is 5.91 Å². The molecule has 2 aromatic carbocycles. The van der Waals surface area contributed by atoms with Crippen LogP contribution in [0.1, 0.15) is 15.2 Å². The van der Waals surface area contributed by atoms with Crippen molar-refractivity contribution in [2.75, 3.05) is 7.11 Å². The number of ether oxygens (including phenoxy) is 1. The zero-order chi connectivity index (χ0) is 23.6. The number of hydrogen-bond acceptors (Lipinski definition) is 6. The normalized spacial score (nSPS) is 11.4. The van der Waals surface area contributed by atoms with Gasteiger partial charge in [-0.25, -0.2) is 22.6 Å². The topological polar surface area (TPSA) is 116 Å². The summed E-state index contributed by atoms with van der Waals surface area (Å²) >= 11 is 0.985. The van der Waals surface area contributed by atoms with Crippen LogP contribution in [0.15, 0.2) is 71.1 Å². The fraction of sp³-hybridized carbons (Fsp3) is 0.0909. The van der Waals surface area contributed by atoms with Gasteiger partial charge in [-0.1, -0.05) is 12.1 Å². The van der Waals surface area contributed by atoms with Crippen LogP contribution < -0.4 is 15.2 Å². The molecule has 33 heavy (non-hydrogen) atoms. The molecule has 4 aromatic rings. The second-order valence-corrected chi connectivity index (χ2v) is 9.95. The summed E-state index contributed by atoms with van der Waals surface area (Å²) < 4.78 is 43.1. The lowest BCUT2D eigenvalue weighted by atomic mass is 10.1. The molecule has 0 aliphatic heterocycles. The van der Waals surface area contributed by atoms with Gasteiger partial charge in [0.05, 0.1) is 24.9 Å². The van der Waals surface area contributed by atoms with Crippen molar-refractivity contribution in [2.45, 2.75) is 10.8 Å². The number of carbonyl (C=O) groups is 1. The van der Waals surface area contributed by atoms with Crippen molar-refractivity contribution < 1.29 is 22.3 Å². The van der Waals surface area contributed by atoms with Gasteiger partial charge in [0.1, 0.15) is 21.5 Å². The van der Waals surface area contributed by atoms with Crippen molar-refractivity contribution >= 4 is 27.3 Å². The number of rotatable bonds is 7. The third kappa shape index (κ3) is 5.11. The summed E-state index contributed by atoms with van der Waals surface area (Å²) in [7, 11) is -2.26. The van der Waals surface area contributed by atoms with Gasteiger partial charge < -0.3 is 10.1 Å². The molecule has 170 valence electrons. The van der Waals surface area contributed by atoms with E-state index in [4.69, 9.17) is 9.88 Å². The lowest BCUT2D eigenvalue weighted by Gasteiger charge is -2.06. The first-order valence-electron chi connectivity index (χ1n) is 9.64. The van der Waals surface area contributed by atoms with E-state index in [9.17, 15) is 17.6 Å². The Morgan fingerprint density at radius 3 is 2.61 bits per heavy atom. The highest BCUT2D eigenvalue weighted by Gasteiger charge is 2.20. The molecule has 8 nitrogen and oxygen atoms in total. The van der Waals surface area contributed by atoms with E-state index in [1.165, 1.54) is 22.9 Å². The molecule has 0 aliphatic rings. The number of carbonyl (C=O) groups excluding carboxylic acids is 1. The highest BCUT2D eigenvalue weighted by Crippen LogP contribution is 2.27.